The van der Waals surface area contributed by atoms with Gasteiger partial charge in [0.05, 0.1) is 0 Å². The summed E-state index contributed by atoms with van der Waals surface area (Å²) in [4.78, 5) is 2.22. The van der Waals surface area contributed by atoms with Gasteiger partial charge in [0.2, 0.25) is 0 Å². The number of β-amino-alcohol motifs (C(OH)–C–C–N with tert-alkyl or cyclic N) is 1. The lowest BCUT2D eigenvalue weighted by Gasteiger charge is -2.42. The van der Waals surface area contributed by atoms with Gasteiger partial charge in [-0.25, -0.2) is 4.39 Å². The summed E-state index contributed by atoms with van der Waals surface area (Å²) >= 11 is 3.44. The molecule has 24 heavy (non-hydrogen) atoms. The van der Waals surface area contributed by atoms with Gasteiger partial charge in [-0.2, -0.15) is 0 Å². The lowest BCUT2D eigenvalue weighted by Crippen LogP contribution is -2.56. The Labute approximate surface area is 150 Å². The monoisotopic (exact) mass is 393 g/mol. The number of hydrogen-bond acceptors (Lipinski definition) is 3. The summed E-state index contributed by atoms with van der Waals surface area (Å²) in [6.45, 7) is 3.91. The number of hydrogen-bond donors (Lipinski definition) is 1. The summed E-state index contributed by atoms with van der Waals surface area (Å²) in [5, 5.41) is 10.8. The fourth-order valence-corrected chi connectivity index (χ4v) is 3.38. The van der Waals surface area contributed by atoms with E-state index in [0.717, 1.165) is 17.6 Å². The number of rotatable bonds is 4. The summed E-state index contributed by atoms with van der Waals surface area (Å²) in [6, 6.07) is 14.3. The van der Waals surface area contributed by atoms with Crippen LogP contribution in [0.25, 0.3) is 0 Å². The first-order valence-electron chi connectivity index (χ1n) is 8.04. The van der Waals surface area contributed by atoms with Crippen LogP contribution >= 0.6 is 15.9 Å². The van der Waals surface area contributed by atoms with Crippen LogP contribution in [-0.4, -0.2) is 34.8 Å². The molecule has 1 N–H and O–H groups in total. The maximum Gasteiger partial charge on any atom is 0.129 e. The first-order valence-corrected chi connectivity index (χ1v) is 8.83. The lowest BCUT2D eigenvalue weighted by atomic mass is 9.91. The van der Waals surface area contributed by atoms with Gasteiger partial charge in [0.25, 0.3) is 0 Å². The third kappa shape index (κ3) is 4.35. The third-order valence-electron chi connectivity index (χ3n) is 4.34. The van der Waals surface area contributed by atoms with Gasteiger partial charge in [-0.3, -0.25) is 4.90 Å². The molecule has 1 heterocycles. The van der Waals surface area contributed by atoms with Gasteiger partial charge in [-0.1, -0.05) is 34.1 Å². The van der Waals surface area contributed by atoms with Crippen LogP contribution in [-0.2, 0) is 6.54 Å². The maximum absolute atomic E-state index is 13.3. The predicted octanol–water partition coefficient (Wildman–Crippen LogP) is 3.99. The molecule has 1 fully saturated rings. The molecule has 0 spiro atoms. The highest BCUT2D eigenvalue weighted by Gasteiger charge is 2.39. The third-order valence-corrected chi connectivity index (χ3v) is 4.87. The summed E-state index contributed by atoms with van der Waals surface area (Å²) < 4.78 is 20.2. The van der Waals surface area contributed by atoms with E-state index in [0.29, 0.717) is 18.7 Å². The van der Waals surface area contributed by atoms with Gasteiger partial charge < -0.3 is 9.84 Å². The minimum absolute atomic E-state index is 0.334. The molecule has 0 radical (unpaired) electrons. The summed E-state index contributed by atoms with van der Waals surface area (Å²) in [5.74, 6) is 0.126. The molecule has 0 amide bonds. The fourth-order valence-electron chi connectivity index (χ4n) is 3.12. The number of likely N-dealkylation sites (tertiary alicyclic amines) is 1. The molecule has 0 bridgehead atoms. The van der Waals surface area contributed by atoms with Gasteiger partial charge >= 0.3 is 0 Å². The molecule has 0 saturated carbocycles. The van der Waals surface area contributed by atoms with E-state index in [1.807, 2.05) is 12.1 Å². The molecular formula is C19H21BrFNO2. The van der Waals surface area contributed by atoms with Crippen LogP contribution in [0, 0.1) is 5.82 Å². The second-order valence-corrected chi connectivity index (χ2v) is 7.46. The maximum atomic E-state index is 13.3. The van der Waals surface area contributed by atoms with Crippen molar-refractivity contribution < 1.29 is 14.2 Å². The van der Waals surface area contributed by atoms with Crippen molar-refractivity contribution in [2.45, 2.75) is 31.6 Å². The fraction of sp³-hybridized carbons (Fsp3) is 0.368. The van der Waals surface area contributed by atoms with Crippen LogP contribution in [0.15, 0.2) is 53.0 Å². The van der Waals surface area contributed by atoms with Gasteiger partial charge in [0.15, 0.2) is 0 Å². The predicted molar refractivity (Wildman–Crippen MR) is 95.5 cm³/mol. The molecule has 1 aliphatic heterocycles. The van der Waals surface area contributed by atoms with E-state index >= 15 is 0 Å². The van der Waals surface area contributed by atoms with Crippen LogP contribution in [0.1, 0.15) is 18.9 Å². The number of benzene rings is 2. The zero-order valence-corrected chi connectivity index (χ0v) is 15.2. The van der Waals surface area contributed by atoms with Crippen LogP contribution in [0.4, 0.5) is 4.39 Å². The van der Waals surface area contributed by atoms with Crippen LogP contribution in [0.3, 0.4) is 0 Å². The van der Waals surface area contributed by atoms with Crippen molar-refractivity contribution >= 4 is 15.9 Å². The Bertz CT molecular complexity index is 690. The van der Waals surface area contributed by atoms with Gasteiger partial charge in [-0.05, 0) is 43.2 Å². The zero-order chi connectivity index (χ0) is 17.2. The van der Waals surface area contributed by atoms with E-state index in [-0.39, 0.29) is 11.9 Å². The Hall–Kier alpha value is -1.43. The highest BCUT2D eigenvalue weighted by atomic mass is 79.9. The molecule has 5 heteroatoms. The average molecular weight is 394 g/mol. The smallest absolute Gasteiger partial charge is 0.129 e. The van der Waals surface area contributed by atoms with Crippen molar-refractivity contribution in [3.8, 4) is 5.75 Å². The molecule has 2 aromatic rings. The van der Waals surface area contributed by atoms with Crippen molar-refractivity contribution in [3.63, 3.8) is 0 Å². The molecule has 2 aromatic carbocycles. The van der Waals surface area contributed by atoms with E-state index in [9.17, 15) is 9.50 Å². The second kappa shape index (κ2) is 7.21. The van der Waals surface area contributed by atoms with Crippen molar-refractivity contribution in [2.24, 2.45) is 0 Å². The topological polar surface area (TPSA) is 32.7 Å². The quantitative estimate of drug-likeness (QED) is 0.851. The van der Waals surface area contributed by atoms with Crippen LogP contribution in [0.5, 0.6) is 5.75 Å². The molecule has 128 valence electrons. The Balaban J connectivity index is 1.62. The number of halogens is 2. The largest absolute Gasteiger partial charge is 0.487 e. The molecule has 1 saturated heterocycles. The Morgan fingerprint density at radius 3 is 2.71 bits per heavy atom. The summed E-state index contributed by atoms with van der Waals surface area (Å²) in [7, 11) is 0. The highest BCUT2D eigenvalue weighted by Crippen LogP contribution is 2.27. The molecular weight excluding hydrogens is 373 g/mol. The van der Waals surface area contributed by atoms with E-state index in [1.54, 1.807) is 19.1 Å². The molecule has 0 unspecified atom stereocenters. The molecule has 0 aliphatic carbocycles. The molecule has 3 rings (SSSR count). The van der Waals surface area contributed by atoms with Gasteiger partial charge in [-0.15, -0.1) is 0 Å². The number of nitrogens with zero attached hydrogens (tertiary/aromatic N) is 1. The highest BCUT2D eigenvalue weighted by molar-refractivity contribution is 9.10. The van der Waals surface area contributed by atoms with E-state index in [4.69, 9.17) is 4.74 Å². The molecule has 1 aliphatic rings. The minimum Gasteiger partial charge on any atom is -0.487 e. The zero-order valence-electron chi connectivity index (χ0n) is 13.6. The molecule has 0 aromatic heterocycles. The second-order valence-electron chi connectivity index (χ2n) is 6.55. The van der Waals surface area contributed by atoms with Crippen molar-refractivity contribution in [1.82, 2.24) is 4.90 Å². The summed E-state index contributed by atoms with van der Waals surface area (Å²) in [5.41, 5.74) is 0.221. The number of aliphatic hydroxyl groups is 1. The number of piperidine rings is 1. The summed E-state index contributed by atoms with van der Waals surface area (Å²) in [6.07, 6.45) is 0.348. The first-order chi connectivity index (χ1) is 11.4. The van der Waals surface area contributed by atoms with E-state index < -0.39 is 5.60 Å². The number of ether oxygens (including phenoxy) is 1. The van der Waals surface area contributed by atoms with E-state index in [2.05, 4.69) is 33.0 Å². The van der Waals surface area contributed by atoms with Crippen LogP contribution in [0.2, 0.25) is 0 Å². The Morgan fingerprint density at radius 2 is 2.04 bits per heavy atom. The minimum atomic E-state index is -0.986. The van der Waals surface area contributed by atoms with Gasteiger partial charge in [0.1, 0.15) is 23.3 Å². The van der Waals surface area contributed by atoms with Crippen molar-refractivity contribution in [3.05, 3.63) is 64.4 Å². The van der Waals surface area contributed by atoms with Crippen molar-refractivity contribution in [1.29, 1.82) is 0 Å². The van der Waals surface area contributed by atoms with Crippen LogP contribution < -0.4 is 4.74 Å². The average Bonchev–Trinajstić information content (AvgIpc) is 2.52. The normalized spacial score (nSPS) is 24.8. The first kappa shape index (κ1) is 17.4. The SMILES string of the molecule is C[C@]1(O)CN(Cc2ccc(Br)cc2)CC[C@@H]1Oc1cccc(F)c1. The molecule has 2 atom stereocenters. The van der Waals surface area contributed by atoms with E-state index in [1.165, 1.54) is 17.7 Å². The molecule has 3 nitrogen and oxygen atoms in total. The van der Waals surface area contributed by atoms with Gasteiger partial charge in [0, 0.05) is 30.2 Å². The van der Waals surface area contributed by atoms with Crippen molar-refractivity contribution in [2.75, 3.05) is 13.1 Å². The Morgan fingerprint density at radius 1 is 1.29 bits per heavy atom. The lowest BCUT2D eigenvalue weighted by molar-refractivity contribution is -0.0993. The Kier molecular flexibility index (Phi) is 5.23. The standard InChI is InChI=1S/C19H21BrFNO2/c1-19(23)13-22(12-14-5-7-15(20)8-6-14)10-9-18(19)24-17-4-2-3-16(21)11-17/h2-8,11,18,23H,9-10,12-13H2,1H3/t18-,19-/m0/s1.